The Kier molecular flexibility index (Phi) is 4.63. The summed E-state index contributed by atoms with van der Waals surface area (Å²) >= 11 is 0. The molecular formula is C13H21NO. The van der Waals surface area contributed by atoms with Gasteiger partial charge in [-0.05, 0) is 45.5 Å². The second-order valence-corrected chi connectivity index (χ2v) is 4.23. The molecule has 0 N–H and O–H groups in total. The minimum atomic E-state index is 0.796. The second-order valence-electron chi connectivity index (χ2n) is 4.23. The molecule has 0 bridgehead atoms. The van der Waals surface area contributed by atoms with Gasteiger partial charge < -0.3 is 9.64 Å². The van der Waals surface area contributed by atoms with E-state index in [2.05, 4.69) is 51.0 Å². The van der Waals surface area contributed by atoms with Gasteiger partial charge in [0.1, 0.15) is 5.75 Å². The fourth-order valence-electron chi connectivity index (χ4n) is 1.58. The van der Waals surface area contributed by atoms with Gasteiger partial charge in [-0.3, -0.25) is 0 Å². The largest absolute Gasteiger partial charge is 0.493 e. The van der Waals surface area contributed by atoms with Crippen LogP contribution in [0, 0.1) is 13.8 Å². The van der Waals surface area contributed by atoms with Crippen molar-refractivity contribution in [3.05, 3.63) is 29.3 Å². The molecule has 0 amide bonds. The van der Waals surface area contributed by atoms with Crippen molar-refractivity contribution in [2.45, 2.75) is 20.3 Å². The zero-order chi connectivity index (χ0) is 11.3. The van der Waals surface area contributed by atoms with Gasteiger partial charge in [0.25, 0.3) is 0 Å². The molecule has 0 radical (unpaired) electrons. The molecule has 0 saturated carbocycles. The quantitative estimate of drug-likeness (QED) is 0.688. The van der Waals surface area contributed by atoms with Crippen LogP contribution in [0.5, 0.6) is 5.75 Å². The van der Waals surface area contributed by atoms with Gasteiger partial charge >= 0.3 is 0 Å². The summed E-state index contributed by atoms with van der Waals surface area (Å²) in [6, 6.07) is 6.25. The molecule has 0 saturated heterocycles. The summed E-state index contributed by atoms with van der Waals surface area (Å²) in [5.74, 6) is 1.05. The third kappa shape index (κ3) is 3.92. The van der Waals surface area contributed by atoms with E-state index in [0.717, 1.165) is 25.3 Å². The standard InChI is InChI=1S/C13H21NO/c1-11-7-5-8-12(2)13(11)15-10-6-9-14(3)4/h5,7-8H,6,9-10H2,1-4H3. The number of aryl methyl sites for hydroxylation is 2. The van der Waals surface area contributed by atoms with Crippen molar-refractivity contribution >= 4 is 0 Å². The first-order valence-electron chi connectivity index (χ1n) is 5.45. The molecule has 1 aromatic carbocycles. The van der Waals surface area contributed by atoms with Crippen molar-refractivity contribution in [2.75, 3.05) is 27.2 Å². The zero-order valence-electron chi connectivity index (χ0n) is 10.2. The van der Waals surface area contributed by atoms with E-state index in [4.69, 9.17) is 4.74 Å². The Labute approximate surface area is 92.9 Å². The number of para-hydroxylation sites is 1. The predicted molar refractivity (Wildman–Crippen MR) is 64.6 cm³/mol. The summed E-state index contributed by atoms with van der Waals surface area (Å²) < 4.78 is 5.79. The minimum absolute atomic E-state index is 0.796. The maximum Gasteiger partial charge on any atom is 0.125 e. The van der Waals surface area contributed by atoms with Crippen LogP contribution in [0.25, 0.3) is 0 Å². The molecule has 0 fully saturated rings. The summed E-state index contributed by atoms with van der Waals surface area (Å²) in [7, 11) is 4.16. The molecule has 2 nitrogen and oxygen atoms in total. The van der Waals surface area contributed by atoms with Gasteiger partial charge in [0.15, 0.2) is 0 Å². The Bertz CT molecular complexity index is 287. The summed E-state index contributed by atoms with van der Waals surface area (Å²) in [6.45, 7) is 6.05. The molecule has 0 atom stereocenters. The fraction of sp³-hybridized carbons (Fsp3) is 0.538. The van der Waals surface area contributed by atoms with E-state index >= 15 is 0 Å². The Morgan fingerprint density at radius 3 is 2.27 bits per heavy atom. The molecular weight excluding hydrogens is 186 g/mol. The SMILES string of the molecule is Cc1cccc(C)c1OCCCN(C)C. The van der Waals surface area contributed by atoms with Crippen molar-refractivity contribution in [3.63, 3.8) is 0 Å². The first-order chi connectivity index (χ1) is 7.11. The molecule has 1 aromatic rings. The second kappa shape index (κ2) is 5.76. The van der Waals surface area contributed by atoms with Gasteiger partial charge in [-0.15, -0.1) is 0 Å². The topological polar surface area (TPSA) is 12.5 Å². The van der Waals surface area contributed by atoms with E-state index in [0.29, 0.717) is 0 Å². The van der Waals surface area contributed by atoms with Crippen LogP contribution in [0.3, 0.4) is 0 Å². The van der Waals surface area contributed by atoms with E-state index in [1.54, 1.807) is 0 Å². The third-order valence-electron chi connectivity index (χ3n) is 2.40. The first-order valence-corrected chi connectivity index (χ1v) is 5.45. The van der Waals surface area contributed by atoms with E-state index < -0.39 is 0 Å². The molecule has 2 heteroatoms. The molecule has 0 aliphatic rings. The lowest BCUT2D eigenvalue weighted by atomic mass is 10.1. The van der Waals surface area contributed by atoms with Gasteiger partial charge in [-0.25, -0.2) is 0 Å². The number of benzene rings is 1. The maximum atomic E-state index is 5.79. The molecule has 0 aromatic heterocycles. The van der Waals surface area contributed by atoms with Crippen LogP contribution in [-0.2, 0) is 0 Å². The molecule has 0 aliphatic carbocycles. The van der Waals surface area contributed by atoms with E-state index in [-0.39, 0.29) is 0 Å². The number of hydrogen-bond acceptors (Lipinski definition) is 2. The van der Waals surface area contributed by atoms with Gasteiger partial charge in [0.2, 0.25) is 0 Å². The Hall–Kier alpha value is -1.02. The lowest BCUT2D eigenvalue weighted by Crippen LogP contribution is -2.15. The van der Waals surface area contributed by atoms with Crippen LogP contribution in [0.1, 0.15) is 17.5 Å². The van der Waals surface area contributed by atoms with E-state index in [1.165, 1.54) is 11.1 Å². The van der Waals surface area contributed by atoms with E-state index in [9.17, 15) is 0 Å². The first kappa shape index (κ1) is 12.1. The van der Waals surface area contributed by atoms with Crippen LogP contribution >= 0.6 is 0 Å². The molecule has 0 aliphatic heterocycles. The smallest absolute Gasteiger partial charge is 0.125 e. The highest BCUT2D eigenvalue weighted by Gasteiger charge is 2.02. The number of hydrogen-bond donors (Lipinski definition) is 0. The van der Waals surface area contributed by atoms with Gasteiger partial charge in [-0.1, -0.05) is 18.2 Å². The van der Waals surface area contributed by atoms with Crippen molar-refractivity contribution < 1.29 is 4.74 Å². The number of nitrogens with zero attached hydrogens (tertiary/aromatic N) is 1. The van der Waals surface area contributed by atoms with Gasteiger partial charge in [-0.2, -0.15) is 0 Å². The molecule has 1 rings (SSSR count). The van der Waals surface area contributed by atoms with Crippen LogP contribution in [0.15, 0.2) is 18.2 Å². The Balaban J connectivity index is 2.43. The number of ether oxygens (including phenoxy) is 1. The van der Waals surface area contributed by atoms with Crippen LogP contribution in [0.4, 0.5) is 0 Å². The van der Waals surface area contributed by atoms with Crippen molar-refractivity contribution in [3.8, 4) is 5.75 Å². The Morgan fingerprint density at radius 2 is 1.73 bits per heavy atom. The summed E-state index contributed by atoms with van der Waals surface area (Å²) in [4.78, 5) is 2.17. The van der Waals surface area contributed by atoms with Crippen LogP contribution < -0.4 is 4.74 Å². The van der Waals surface area contributed by atoms with Crippen molar-refractivity contribution in [1.29, 1.82) is 0 Å². The minimum Gasteiger partial charge on any atom is -0.493 e. The van der Waals surface area contributed by atoms with Crippen LogP contribution in [0.2, 0.25) is 0 Å². The normalized spacial score (nSPS) is 10.7. The predicted octanol–water partition coefficient (Wildman–Crippen LogP) is 2.63. The fourth-order valence-corrected chi connectivity index (χ4v) is 1.58. The molecule has 84 valence electrons. The highest BCUT2D eigenvalue weighted by Crippen LogP contribution is 2.22. The Morgan fingerprint density at radius 1 is 1.13 bits per heavy atom. The van der Waals surface area contributed by atoms with Crippen molar-refractivity contribution in [2.24, 2.45) is 0 Å². The third-order valence-corrected chi connectivity index (χ3v) is 2.40. The molecule has 0 spiro atoms. The monoisotopic (exact) mass is 207 g/mol. The average Bonchev–Trinajstić information content (AvgIpc) is 2.15. The summed E-state index contributed by atoms with van der Waals surface area (Å²) in [6.07, 6.45) is 1.07. The molecule has 15 heavy (non-hydrogen) atoms. The lowest BCUT2D eigenvalue weighted by Gasteiger charge is -2.13. The highest BCUT2D eigenvalue weighted by atomic mass is 16.5. The molecule has 0 unspecified atom stereocenters. The highest BCUT2D eigenvalue weighted by molar-refractivity contribution is 5.39. The van der Waals surface area contributed by atoms with Crippen LogP contribution in [-0.4, -0.2) is 32.1 Å². The molecule has 0 heterocycles. The van der Waals surface area contributed by atoms with E-state index in [1.807, 2.05) is 0 Å². The maximum absolute atomic E-state index is 5.79. The summed E-state index contributed by atoms with van der Waals surface area (Å²) in [5.41, 5.74) is 2.44. The van der Waals surface area contributed by atoms with Crippen molar-refractivity contribution in [1.82, 2.24) is 4.90 Å². The lowest BCUT2D eigenvalue weighted by molar-refractivity contribution is 0.279. The van der Waals surface area contributed by atoms with Gasteiger partial charge in [0, 0.05) is 6.54 Å². The summed E-state index contributed by atoms with van der Waals surface area (Å²) in [5, 5.41) is 0. The number of rotatable bonds is 5. The zero-order valence-corrected chi connectivity index (χ0v) is 10.2. The average molecular weight is 207 g/mol. The van der Waals surface area contributed by atoms with Gasteiger partial charge in [0.05, 0.1) is 6.61 Å².